The number of nitrogens with two attached hydrogens (primary N) is 2. The number of rotatable bonds is 2. The summed E-state index contributed by atoms with van der Waals surface area (Å²) < 4.78 is 13.1. The van der Waals surface area contributed by atoms with Gasteiger partial charge >= 0.3 is 0 Å². The molecule has 2 nitrogen and oxygen atoms in total. The van der Waals surface area contributed by atoms with Crippen LogP contribution in [0.5, 0.6) is 0 Å². The van der Waals surface area contributed by atoms with Crippen LogP contribution in [0.1, 0.15) is 25.7 Å². The third-order valence-electron chi connectivity index (χ3n) is 2.99. The van der Waals surface area contributed by atoms with E-state index in [1.165, 1.54) is 12.1 Å². The Bertz CT molecular complexity index is 362. The Hall–Kier alpha value is -0.740. The van der Waals surface area contributed by atoms with E-state index in [9.17, 15) is 4.39 Å². The largest absolute Gasteiger partial charge is 0.398 e. The molecule has 1 saturated carbocycles. The molecule has 4 heteroatoms. The zero-order valence-electron chi connectivity index (χ0n) is 9.16. The fourth-order valence-corrected chi connectivity index (χ4v) is 3.25. The second-order valence-electron chi connectivity index (χ2n) is 4.34. The van der Waals surface area contributed by atoms with Gasteiger partial charge in [0, 0.05) is 21.9 Å². The molecule has 0 unspecified atom stereocenters. The molecule has 0 spiro atoms. The molecule has 1 aromatic carbocycles. The van der Waals surface area contributed by atoms with E-state index in [0.717, 1.165) is 30.6 Å². The molecule has 1 fully saturated rings. The highest BCUT2D eigenvalue weighted by Crippen LogP contribution is 2.36. The zero-order chi connectivity index (χ0) is 11.5. The first-order chi connectivity index (χ1) is 7.65. The summed E-state index contributed by atoms with van der Waals surface area (Å²) in [4.78, 5) is 0.862. The highest BCUT2D eigenvalue weighted by molar-refractivity contribution is 8.00. The van der Waals surface area contributed by atoms with Crippen molar-refractivity contribution < 1.29 is 4.39 Å². The van der Waals surface area contributed by atoms with Crippen LogP contribution in [0.3, 0.4) is 0 Å². The SMILES string of the molecule is Nc1ccc(F)cc1SC1CCC(N)CC1. The molecular formula is C12H17FN2S. The zero-order valence-corrected chi connectivity index (χ0v) is 9.97. The Morgan fingerprint density at radius 1 is 1.19 bits per heavy atom. The predicted molar refractivity (Wildman–Crippen MR) is 66.9 cm³/mol. The third kappa shape index (κ3) is 2.89. The van der Waals surface area contributed by atoms with Crippen LogP contribution in [-0.4, -0.2) is 11.3 Å². The fraction of sp³-hybridized carbons (Fsp3) is 0.500. The average molecular weight is 240 g/mol. The van der Waals surface area contributed by atoms with Crippen LogP contribution < -0.4 is 11.5 Å². The van der Waals surface area contributed by atoms with E-state index in [1.54, 1.807) is 17.8 Å². The molecule has 1 aliphatic carbocycles. The summed E-state index contributed by atoms with van der Waals surface area (Å²) in [5, 5.41) is 0.531. The Kier molecular flexibility index (Phi) is 3.71. The Labute approximate surface area is 99.6 Å². The topological polar surface area (TPSA) is 52.0 Å². The van der Waals surface area contributed by atoms with Gasteiger partial charge < -0.3 is 11.5 Å². The normalized spacial score (nSPS) is 25.6. The minimum atomic E-state index is -0.218. The summed E-state index contributed by atoms with van der Waals surface area (Å²) in [5.74, 6) is -0.218. The van der Waals surface area contributed by atoms with Crippen molar-refractivity contribution in [2.24, 2.45) is 5.73 Å². The van der Waals surface area contributed by atoms with Crippen LogP contribution >= 0.6 is 11.8 Å². The number of halogens is 1. The molecule has 0 atom stereocenters. The Morgan fingerprint density at radius 3 is 2.56 bits per heavy atom. The van der Waals surface area contributed by atoms with E-state index in [2.05, 4.69) is 0 Å². The molecule has 0 bridgehead atoms. The summed E-state index contributed by atoms with van der Waals surface area (Å²) in [6.45, 7) is 0. The smallest absolute Gasteiger partial charge is 0.124 e. The average Bonchev–Trinajstić information content (AvgIpc) is 2.27. The third-order valence-corrected chi connectivity index (χ3v) is 4.40. The van der Waals surface area contributed by atoms with E-state index in [0.29, 0.717) is 17.0 Å². The summed E-state index contributed by atoms with van der Waals surface area (Å²) in [6.07, 6.45) is 4.32. The van der Waals surface area contributed by atoms with Crippen molar-refractivity contribution in [3.05, 3.63) is 24.0 Å². The van der Waals surface area contributed by atoms with E-state index < -0.39 is 0 Å². The second kappa shape index (κ2) is 5.06. The van der Waals surface area contributed by atoms with E-state index in [4.69, 9.17) is 11.5 Å². The maximum atomic E-state index is 13.1. The van der Waals surface area contributed by atoms with Gasteiger partial charge in [-0.05, 0) is 43.9 Å². The monoisotopic (exact) mass is 240 g/mol. The van der Waals surface area contributed by atoms with Gasteiger partial charge in [0.15, 0.2) is 0 Å². The molecule has 0 aliphatic heterocycles. The highest BCUT2D eigenvalue weighted by atomic mass is 32.2. The molecule has 16 heavy (non-hydrogen) atoms. The Morgan fingerprint density at radius 2 is 1.88 bits per heavy atom. The molecule has 2 rings (SSSR count). The molecule has 88 valence electrons. The van der Waals surface area contributed by atoms with Crippen molar-refractivity contribution in [3.63, 3.8) is 0 Å². The van der Waals surface area contributed by atoms with E-state index >= 15 is 0 Å². The first kappa shape index (κ1) is 11.7. The predicted octanol–water partition coefficient (Wildman–Crippen LogP) is 2.77. The summed E-state index contributed by atoms with van der Waals surface area (Å²) >= 11 is 1.69. The molecule has 0 amide bonds. The number of anilines is 1. The molecule has 1 aliphatic rings. The maximum Gasteiger partial charge on any atom is 0.124 e. The minimum Gasteiger partial charge on any atom is -0.398 e. The number of hydrogen-bond acceptors (Lipinski definition) is 3. The standard InChI is InChI=1S/C12H17FN2S/c13-8-1-6-11(15)12(7-8)16-10-4-2-9(14)3-5-10/h1,6-7,9-10H,2-5,14-15H2. The van der Waals surface area contributed by atoms with Gasteiger partial charge in [0.25, 0.3) is 0 Å². The van der Waals surface area contributed by atoms with Crippen LogP contribution in [-0.2, 0) is 0 Å². The first-order valence-corrected chi connectivity index (χ1v) is 6.50. The molecule has 4 N–H and O–H groups in total. The first-order valence-electron chi connectivity index (χ1n) is 5.62. The molecule has 0 aromatic heterocycles. The molecule has 0 radical (unpaired) electrons. The van der Waals surface area contributed by atoms with Crippen LogP contribution in [0, 0.1) is 5.82 Å². The Balaban J connectivity index is 2.00. The van der Waals surface area contributed by atoms with Gasteiger partial charge in [-0.2, -0.15) is 0 Å². The summed E-state index contributed by atoms with van der Waals surface area (Å²) in [7, 11) is 0. The molecular weight excluding hydrogens is 223 g/mol. The fourth-order valence-electron chi connectivity index (χ4n) is 2.00. The molecule has 0 heterocycles. The van der Waals surface area contributed by atoms with Gasteiger partial charge in [0.05, 0.1) is 0 Å². The van der Waals surface area contributed by atoms with Crippen molar-refractivity contribution in [1.29, 1.82) is 0 Å². The van der Waals surface area contributed by atoms with Crippen LogP contribution in [0.2, 0.25) is 0 Å². The van der Waals surface area contributed by atoms with Crippen LogP contribution in [0.25, 0.3) is 0 Å². The van der Waals surface area contributed by atoms with Crippen molar-refractivity contribution in [1.82, 2.24) is 0 Å². The minimum absolute atomic E-state index is 0.218. The van der Waals surface area contributed by atoms with Gasteiger partial charge in [-0.15, -0.1) is 11.8 Å². The maximum absolute atomic E-state index is 13.1. The lowest BCUT2D eigenvalue weighted by molar-refractivity contribution is 0.451. The van der Waals surface area contributed by atoms with Crippen LogP contribution in [0.15, 0.2) is 23.1 Å². The van der Waals surface area contributed by atoms with Crippen molar-refractivity contribution in [3.8, 4) is 0 Å². The lowest BCUT2D eigenvalue weighted by atomic mass is 9.96. The van der Waals surface area contributed by atoms with Gasteiger partial charge in [0.1, 0.15) is 5.82 Å². The number of thioether (sulfide) groups is 1. The number of benzene rings is 1. The lowest BCUT2D eigenvalue weighted by Gasteiger charge is -2.25. The lowest BCUT2D eigenvalue weighted by Crippen LogP contribution is -2.27. The highest BCUT2D eigenvalue weighted by Gasteiger charge is 2.20. The summed E-state index contributed by atoms with van der Waals surface area (Å²) in [5.41, 5.74) is 12.3. The van der Waals surface area contributed by atoms with Crippen molar-refractivity contribution in [2.75, 3.05) is 5.73 Å². The van der Waals surface area contributed by atoms with Gasteiger partial charge in [0.2, 0.25) is 0 Å². The van der Waals surface area contributed by atoms with Gasteiger partial charge in [-0.3, -0.25) is 0 Å². The second-order valence-corrected chi connectivity index (χ2v) is 5.68. The molecule has 0 saturated heterocycles. The van der Waals surface area contributed by atoms with Crippen molar-refractivity contribution in [2.45, 2.75) is 41.9 Å². The van der Waals surface area contributed by atoms with Crippen LogP contribution in [0.4, 0.5) is 10.1 Å². The van der Waals surface area contributed by atoms with Gasteiger partial charge in [-0.25, -0.2) is 4.39 Å². The van der Waals surface area contributed by atoms with Gasteiger partial charge in [-0.1, -0.05) is 0 Å². The summed E-state index contributed by atoms with van der Waals surface area (Å²) in [6, 6.07) is 4.90. The quantitative estimate of drug-likeness (QED) is 0.782. The molecule has 1 aromatic rings. The number of hydrogen-bond donors (Lipinski definition) is 2. The van der Waals surface area contributed by atoms with E-state index in [-0.39, 0.29) is 5.82 Å². The van der Waals surface area contributed by atoms with E-state index in [1.807, 2.05) is 0 Å². The number of nitrogen functional groups attached to an aromatic ring is 1. The van der Waals surface area contributed by atoms with Crippen molar-refractivity contribution >= 4 is 17.4 Å².